The Morgan fingerprint density at radius 1 is 0.938 bits per heavy atom. The quantitative estimate of drug-likeness (QED) is 0.141. The van der Waals surface area contributed by atoms with Crippen molar-refractivity contribution in [3.8, 4) is 33.9 Å². The number of rotatable bonds is 10. The van der Waals surface area contributed by atoms with Crippen molar-refractivity contribution in [1.29, 1.82) is 0 Å². The minimum absolute atomic E-state index is 0.123. The Morgan fingerprint density at radius 2 is 1.77 bits per heavy atom. The summed E-state index contributed by atoms with van der Waals surface area (Å²) in [6, 6.07) is 17.4. The second-order valence-electron chi connectivity index (χ2n) is 11.6. The van der Waals surface area contributed by atoms with Crippen molar-refractivity contribution in [2.45, 2.75) is 6.42 Å². The zero-order chi connectivity index (χ0) is 33.2. The number of fused-ring (bicyclic) bond motifs is 2. The molecule has 1 amide bonds. The van der Waals surface area contributed by atoms with Gasteiger partial charge in [-0.1, -0.05) is 30.3 Å². The van der Waals surface area contributed by atoms with Gasteiger partial charge < -0.3 is 20.5 Å². The van der Waals surface area contributed by atoms with Crippen LogP contribution in [-0.4, -0.2) is 73.1 Å². The summed E-state index contributed by atoms with van der Waals surface area (Å²) in [7, 11) is 3.93. The van der Waals surface area contributed by atoms with Crippen LogP contribution in [0.25, 0.3) is 56.0 Å². The number of aromatic nitrogens is 7. The fourth-order valence-electron chi connectivity index (χ4n) is 5.48. The Morgan fingerprint density at radius 3 is 2.60 bits per heavy atom. The summed E-state index contributed by atoms with van der Waals surface area (Å²) in [6.45, 7) is 1.42. The van der Waals surface area contributed by atoms with Crippen LogP contribution >= 0.6 is 0 Å². The molecule has 11 nitrogen and oxygen atoms in total. The summed E-state index contributed by atoms with van der Waals surface area (Å²) < 4.78 is 31.0. The van der Waals surface area contributed by atoms with Crippen molar-refractivity contribution in [2.24, 2.45) is 0 Å². The van der Waals surface area contributed by atoms with Gasteiger partial charge in [0, 0.05) is 54.1 Å². The van der Waals surface area contributed by atoms with Crippen LogP contribution in [0.1, 0.15) is 5.56 Å². The van der Waals surface area contributed by atoms with E-state index >= 15 is 4.39 Å². The van der Waals surface area contributed by atoms with E-state index in [9.17, 15) is 9.18 Å². The Balaban J connectivity index is 1.21. The number of hydrogen-bond donors (Lipinski definition) is 4. The van der Waals surface area contributed by atoms with Crippen LogP contribution in [-0.2, 0) is 11.2 Å². The van der Waals surface area contributed by atoms with Gasteiger partial charge in [0.15, 0.2) is 11.5 Å². The molecule has 0 fully saturated rings. The second-order valence-corrected chi connectivity index (χ2v) is 11.6. The van der Waals surface area contributed by atoms with E-state index < -0.39 is 11.6 Å². The van der Waals surface area contributed by atoms with Gasteiger partial charge in [-0.3, -0.25) is 19.9 Å². The third-order valence-electron chi connectivity index (χ3n) is 7.76. The molecule has 7 rings (SSSR count). The van der Waals surface area contributed by atoms with Crippen LogP contribution in [0.4, 0.5) is 20.2 Å². The Kier molecular flexibility index (Phi) is 8.26. The summed E-state index contributed by atoms with van der Waals surface area (Å²) in [5.41, 5.74) is 5.05. The minimum Gasteiger partial charge on any atom is -0.384 e. The van der Waals surface area contributed by atoms with Gasteiger partial charge in [-0.05, 0) is 50.0 Å². The molecule has 5 heterocycles. The van der Waals surface area contributed by atoms with Gasteiger partial charge in [0.05, 0.1) is 34.9 Å². The number of carbonyl (C=O) groups is 1. The number of pyridine rings is 3. The Hall–Kier alpha value is -6.08. The molecular formula is C35H30F2N10O. The van der Waals surface area contributed by atoms with E-state index in [0.717, 1.165) is 12.1 Å². The molecule has 2 aromatic carbocycles. The number of amides is 1. The molecule has 7 aromatic rings. The summed E-state index contributed by atoms with van der Waals surface area (Å²) in [5.74, 6) is -0.917. The lowest BCUT2D eigenvalue weighted by atomic mass is 10.1. The molecule has 48 heavy (non-hydrogen) atoms. The van der Waals surface area contributed by atoms with E-state index in [1.807, 2.05) is 55.4 Å². The highest BCUT2D eigenvalue weighted by Gasteiger charge is 2.22. The van der Waals surface area contributed by atoms with E-state index in [1.165, 1.54) is 30.7 Å². The van der Waals surface area contributed by atoms with Crippen molar-refractivity contribution in [3.05, 3.63) is 103 Å². The lowest BCUT2D eigenvalue weighted by Crippen LogP contribution is -2.20. The topological polar surface area (TPSA) is 140 Å². The van der Waals surface area contributed by atoms with E-state index in [-0.39, 0.29) is 34.6 Å². The highest BCUT2D eigenvalue weighted by atomic mass is 19.1. The average Bonchev–Trinajstić information content (AvgIpc) is 3.70. The predicted molar refractivity (Wildman–Crippen MR) is 181 cm³/mol. The average molecular weight is 645 g/mol. The van der Waals surface area contributed by atoms with Crippen LogP contribution in [0.15, 0.2) is 85.5 Å². The summed E-state index contributed by atoms with van der Waals surface area (Å²) >= 11 is 0. The number of likely N-dealkylation sites (N-methyl/N-ethyl adjacent to an activating group) is 1. The highest BCUT2D eigenvalue weighted by molar-refractivity contribution is 5.97. The molecule has 4 N–H and O–H groups in total. The number of halogens is 2. The number of nitrogens with one attached hydrogen (secondary N) is 4. The number of aromatic amines is 2. The highest BCUT2D eigenvalue weighted by Crippen LogP contribution is 2.35. The zero-order valence-electron chi connectivity index (χ0n) is 26.1. The lowest BCUT2D eigenvalue weighted by molar-refractivity contribution is -0.115. The smallest absolute Gasteiger partial charge is 0.228 e. The third-order valence-corrected chi connectivity index (χ3v) is 7.76. The fraction of sp³-hybridized carbons (Fsp3) is 0.143. The summed E-state index contributed by atoms with van der Waals surface area (Å²) in [6.07, 6.45) is 6.17. The molecule has 0 radical (unpaired) electrons. The normalized spacial score (nSPS) is 11.4. The summed E-state index contributed by atoms with van der Waals surface area (Å²) in [4.78, 5) is 35.8. The molecule has 0 aliphatic rings. The maximum absolute atomic E-state index is 16.3. The number of carbonyl (C=O) groups excluding carboxylic acids is 1. The SMILES string of the molecule is CN(C)CCNc1cc(F)cc(-c2nccc3[nH]c(-c4[nH]nc5ncc(-c6cncc(NC(=O)Cc7ccccc7)c6)c(F)c45)nc23)c1. The van der Waals surface area contributed by atoms with Gasteiger partial charge in [-0.2, -0.15) is 5.10 Å². The Labute approximate surface area is 273 Å². The van der Waals surface area contributed by atoms with E-state index in [4.69, 9.17) is 4.98 Å². The molecular weight excluding hydrogens is 614 g/mol. The van der Waals surface area contributed by atoms with Gasteiger partial charge in [0.25, 0.3) is 0 Å². The van der Waals surface area contributed by atoms with Gasteiger partial charge in [0.1, 0.15) is 22.8 Å². The van der Waals surface area contributed by atoms with E-state index in [0.29, 0.717) is 51.6 Å². The number of benzene rings is 2. The van der Waals surface area contributed by atoms with Crippen molar-refractivity contribution in [2.75, 3.05) is 37.8 Å². The number of anilines is 2. The predicted octanol–water partition coefficient (Wildman–Crippen LogP) is 6.06. The van der Waals surface area contributed by atoms with Gasteiger partial charge >= 0.3 is 0 Å². The molecule has 0 saturated carbocycles. The summed E-state index contributed by atoms with van der Waals surface area (Å²) in [5, 5.41) is 13.3. The lowest BCUT2D eigenvalue weighted by Gasteiger charge is -2.12. The van der Waals surface area contributed by atoms with Crippen molar-refractivity contribution in [1.82, 2.24) is 40.0 Å². The van der Waals surface area contributed by atoms with Gasteiger partial charge in [-0.25, -0.2) is 18.7 Å². The van der Waals surface area contributed by atoms with E-state index in [2.05, 4.69) is 40.8 Å². The Bertz CT molecular complexity index is 2270. The number of hydrogen-bond acceptors (Lipinski definition) is 8. The first-order valence-corrected chi connectivity index (χ1v) is 15.2. The van der Waals surface area contributed by atoms with Crippen LogP contribution in [0, 0.1) is 11.6 Å². The third kappa shape index (κ3) is 6.31. The largest absolute Gasteiger partial charge is 0.384 e. The fourth-order valence-corrected chi connectivity index (χ4v) is 5.48. The molecule has 0 aliphatic heterocycles. The molecule has 0 spiro atoms. The first-order chi connectivity index (χ1) is 23.3. The van der Waals surface area contributed by atoms with Crippen LogP contribution in [0.2, 0.25) is 0 Å². The van der Waals surface area contributed by atoms with Gasteiger partial charge in [-0.15, -0.1) is 0 Å². The van der Waals surface area contributed by atoms with Crippen molar-refractivity contribution < 1.29 is 13.6 Å². The standard InChI is InChI=1S/C35H30F2N10O/c1-47(2)11-10-39-24-14-21(13-23(36)16-24)31-32-27(8-9-40-31)43-35(44-32)33-29-30(37)26(19-41-34(29)46-45-33)22-15-25(18-38-17-22)42-28(48)12-20-6-4-3-5-7-20/h3-9,13-19,39H,10-12H2,1-2H3,(H,42,48)(H,43,44)(H,41,45,46). The molecule has 0 unspecified atom stereocenters. The van der Waals surface area contributed by atoms with Crippen LogP contribution in [0.3, 0.4) is 0 Å². The van der Waals surface area contributed by atoms with E-state index in [1.54, 1.807) is 18.3 Å². The maximum atomic E-state index is 16.3. The van der Waals surface area contributed by atoms with Crippen LogP contribution < -0.4 is 10.6 Å². The molecule has 0 bridgehead atoms. The number of nitrogens with zero attached hydrogens (tertiary/aromatic N) is 6. The van der Waals surface area contributed by atoms with Gasteiger partial charge in [0.2, 0.25) is 5.91 Å². The monoisotopic (exact) mass is 644 g/mol. The van der Waals surface area contributed by atoms with Crippen molar-refractivity contribution >= 4 is 39.3 Å². The maximum Gasteiger partial charge on any atom is 0.228 e. The molecule has 0 aliphatic carbocycles. The first kappa shape index (κ1) is 30.6. The van der Waals surface area contributed by atoms with Crippen molar-refractivity contribution in [3.63, 3.8) is 0 Å². The minimum atomic E-state index is -0.587. The molecule has 5 aromatic heterocycles. The first-order valence-electron chi connectivity index (χ1n) is 15.2. The number of H-pyrrole nitrogens is 2. The second kappa shape index (κ2) is 13.0. The number of imidazole rings is 1. The zero-order valence-corrected chi connectivity index (χ0v) is 26.1. The molecule has 13 heteroatoms. The molecule has 240 valence electrons. The molecule has 0 atom stereocenters. The van der Waals surface area contributed by atoms with Crippen LogP contribution in [0.5, 0.6) is 0 Å². The molecule has 0 saturated heterocycles.